The Labute approximate surface area is 136 Å². The quantitative estimate of drug-likeness (QED) is 0.753. The standard InChI is InChI=1S/C10H15NO3S.C2H7O3PS/c1-3-11(4-2)15(13,14)10-7-5-9(12)6-8-10;1-4-6(3,7)5-2/h5-8,12H,3-4H2,1-2H3;1-2H3,(H,3,7)/p-1. The third-order valence-corrected chi connectivity index (χ3v) is 6.48. The van der Waals surface area contributed by atoms with E-state index in [2.05, 4.69) is 20.9 Å². The highest BCUT2D eigenvalue weighted by atomic mass is 32.5. The lowest BCUT2D eigenvalue weighted by Gasteiger charge is -2.21. The Hall–Kier alpha value is -0.540. The molecule has 0 fully saturated rings. The van der Waals surface area contributed by atoms with Gasteiger partial charge in [-0.15, -0.1) is 0 Å². The average molecular weight is 370 g/mol. The summed E-state index contributed by atoms with van der Waals surface area (Å²) in [5, 5.41) is 9.07. The van der Waals surface area contributed by atoms with Crippen molar-refractivity contribution in [1.82, 2.24) is 4.31 Å². The molecule has 7 nitrogen and oxygen atoms in total. The van der Waals surface area contributed by atoms with Crippen molar-refractivity contribution in [3.63, 3.8) is 0 Å². The van der Waals surface area contributed by atoms with E-state index in [-0.39, 0.29) is 10.6 Å². The molecule has 0 heterocycles. The molecule has 0 radical (unpaired) electrons. The molecule has 0 atom stereocenters. The number of hydrogen-bond acceptors (Lipinski definition) is 7. The third-order valence-electron chi connectivity index (χ3n) is 2.63. The van der Waals surface area contributed by atoms with Crippen LogP contribution in [0, 0.1) is 0 Å². The van der Waals surface area contributed by atoms with Crippen LogP contribution in [0.1, 0.15) is 13.8 Å². The Morgan fingerprint density at radius 1 is 1.18 bits per heavy atom. The maximum Gasteiger partial charge on any atom is 0.243 e. The van der Waals surface area contributed by atoms with E-state index in [9.17, 15) is 13.3 Å². The molecule has 0 spiro atoms. The molecule has 0 saturated heterocycles. The lowest BCUT2D eigenvalue weighted by Crippen LogP contribution is -2.30. The van der Waals surface area contributed by atoms with Gasteiger partial charge in [-0.05, 0) is 24.3 Å². The highest BCUT2D eigenvalue weighted by Crippen LogP contribution is 2.35. The van der Waals surface area contributed by atoms with Crippen molar-refractivity contribution in [2.24, 2.45) is 0 Å². The molecule has 0 aromatic heterocycles. The fraction of sp³-hybridized carbons (Fsp3) is 0.500. The zero-order valence-electron chi connectivity index (χ0n) is 12.9. The predicted molar refractivity (Wildman–Crippen MR) is 86.5 cm³/mol. The van der Waals surface area contributed by atoms with Gasteiger partial charge in [0, 0.05) is 27.3 Å². The van der Waals surface area contributed by atoms with Crippen LogP contribution in [0.15, 0.2) is 29.2 Å². The first-order chi connectivity index (χ1) is 10.1. The Balaban J connectivity index is 0.000000534. The van der Waals surface area contributed by atoms with Gasteiger partial charge in [0.2, 0.25) is 10.0 Å². The van der Waals surface area contributed by atoms with Crippen molar-refractivity contribution in [1.29, 1.82) is 0 Å². The monoisotopic (exact) mass is 370 g/mol. The minimum absolute atomic E-state index is 0.0634. The molecule has 1 aromatic rings. The predicted octanol–water partition coefficient (Wildman–Crippen LogP) is 1.29. The molecule has 22 heavy (non-hydrogen) atoms. The number of aromatic hydroxyl groups is 1. The topological polar surface area (TPSA) is 99.1 Å². The summed E-state index contributed by atoms with van der Waals surface area (Å²) in [4.78, 5) is 10.5. The number of rotatable bonds is 6. The first-order valence-corrected chi connectivity index (χ1v) is 10.4. The summed E-state index contributed by atoms with van der Waals surface area (Å²) in [6, 6.07) is 5.55. The number of phenolic OH excluding ortho intramolecular Hbond substituents is 1. The van der Waals surface area contributed by atoms with Crippen molar-refractivity contribution in [2.45, 2.75) is 18.7 Å². The summed E-state index contributed by atoms with van der Waals surface area (Å²) in [6.45, 7) is 1.40. The normalized spacial score (nSPS) is 11.9. The van der Waals surface area contributed by atoms with E-state index < -0.39 is 16.7 Å². The van der Waals surface area contributed by atoms with Gasteiger partial charge in [-0.3, -0.25) is 0 Å². The van der Waals surface area contributed by atoms with Crippen molar-refractivity contribution < 1.29 is 27.5 Å². The van der Waals surface area contributed by atoms with Crippen LogP contribution in [-0.4, -0.2) is 45.1 Å². The van der Waals surface area contributed by atoms with Crippen LogP contribution in [0.5, 0.6) is 5.75 Å². The van der Waals surface area contributed by atoms with Gasteiger partial charge in [0.25, 0.3) is 0 Å². The van der Waals surface area contributed by atoms with E-state index in [0.29, 0.717) is 13.1 Å². The highest BCUT2D eigenvalue weighted by molar-refractivity contribution is 8.06. The van der Waals surface area contributed by atoms with E-state index in [0.717, 1.165) is 0 Å². The Kier molecular flexibility index (Phi) is 9.33. The number of benzene rings is 1. The summed E-state index contributed by atoms with van der Waals surface area (Å²) < 4.78 is 33.7. The van der Waals surface area contributed by atoms with Gasteiger partial charge in [0.1, 0.15) is 12.5 Å². The van der Waals surface area contributed by atoms with Crippen LogP contribution in [0.25, 0.3) is 0 Å². The Morgan fingerprint density at radius 2 is 1.59 bits per heavy atom. The first kappa shape index (κ1) is 21.5. The van der Waals surface area contributed by atoms with Crippen LogP contribution in [0.2, 0.25) is 0 Å². The van der Waals surface area contributed by atoms with Crippen molar-refractivity contribution in [3.8, 4) is 5.75 Å². The largest absolute Gasteiger partial charge is 0.780 e. The summed E-state index contributed by atoms with van der Waals surface area (Å²) in [5.74, 6) is 0.0634. The van der Waals surface area contributed by atoms with Crippen LogP contribution >= 0.6 is 6.72 Å². The van der Waals surface area contributed by atoms with Crippen LogP contribution in [-0.2, 0) is 30.9 Å². The number of sulfonamides is 1. The molecule has 1 aromatic carbocycles. The molecule has 0 aliphatic heterocycles. The second kappa shape index (κ2) is 9.57. The molecule has 10 heteroatoms. The smallest absolute Gasteiger partial charge is 0.243 e. The minimum atomic E-state index is -3.40. The van der Waals surface area contributed by atoms with E-state index in [4.69, 9.17) is 5.11 Å². The number of hydrogen-bond donors (Lipinski definition) is 1. The molecule has 0 unspecified atom stereocenters. The van der Waals surface area contributed by atoms with Gasteiger partial charge in [0.05, 0.1) is 4.90 Å². The van der Waals surface area contributed by atoms with Crippen LogP contribution < -0.4 is 4.89 Å². The van der Waals surface area contributed by atoms with Gasteiger partial charge >= 0.3 is 0 Å². The maximum absolute atomic E-state index is 12.0. The number of phenols is 1. The zero-order valence-corrected chi connectivity index (χ0v) is 15.5. The summed E-state index contributed by atoms with van der Waals surface area (Å²) >= 11 is 4.26. The zero-order chi connectivity index (χ0) is 17.4. The lowest BCUT2D eigenvalue weighted by molar-refractivity contribution is -0.201. The molecule has 0 saturated carbocycles. The molecular formula is C12H21NO6PS2-. The molecule has 1 rings (SSSR count). The highest BCUT2D eigenvalue weighted by Gasteiger charge is 2.20. The van der Waals surface area contributed by atoms with Gasteiger partial charge in [-0.25, -0.2) is 8.42 Å². The van der Waals surface area contributed by atoms with Crippen LogP contribution in [0.3, 0.4) is 0 Å². The molecule has 1 N–H and O–H groups in total. The summed E-state index contributed by atoms with van der Waals surface area (Å²) in [5.41, 5.74) is 0. The van der Waals surface area contributed by atoms with E-state index in [1.807, 2.05) is 0 Å². The molecule has 0 amide bonds. The summed E-state index contributed by atoms with van der Waals surface area (Å²) in [7, 11) is -0.901. The fourth-order valence-corrected chi connectivity index (χ4v) is 3.01. The third kappa shape index (κ3) is 6.70. The maximum atomic E-state index is 12.0. The van der Waals surface area contributed by atoms with Crippen molar-refractivity contribution in [3.05, 3.63) is 24.3 Å². The SMILES string of the molecule is CCN(CC)S(=O)(=O)c1ccc(O)cc1.COP([O-])(=S)OC. The minimum Gasteiger partial charge on any atom is -0.780 e. The molecule has 0 aliphatic rings. The molecule has 0 aliphatic carbocycles. The van der Waals surface area contributed by atoms with E-state index >= 15 is 0 Å². The second-order valence-electron chi connectivity index (χ2n) is 3.90. The van der Waals surface area contributed by atoms with Crippen molar-refractivity contribution >= 4 is 28.5 Å². The molecule has 0 bridgehead atoms. The first-order valence-electron chi connectivity index (χ1n) is 6.36. The number of nitrogens with zero attached hydrogens (tertiary/aromatic N) is 1. The van der Waals surface area contributed by atoms with Gasteiger partial charge in [-0.1, -0.05) is 25.7 Å². The van der Waals surface area contributed by atoms with E-state index in [1.54, 1.807) is 13.8 Å². The Bertz CT molecular complexity index is 578. The molecular weight excluding hydrogens is 349 g/mol. The second-order valence-corrected chi connectivity index (χ2v) is 8.80. The van der Waals surface area contributed by atoms with Crippen LogP contribution in [0.4, 0.5) is 0 Å². The van der Waals surface area contributed by atoms with Gasteiger partial charge < -0.3 is 19.0 Å². The van der Waals surface area contributed by atoms with Gasteiger partial charge in [0.15, 0.2) is 0 Å². The summed E-state index contributed by atoms with van der Waals surface area (Å²) in [6.07, 6.45) is 0. The lowest BCUT2D eigenvalue weighted by atomic mass is 10.3. The van der Waals surface area contributed by atoms with E-state index in [1.165, 1.54) is 42.8 Å². The Morgan fingerprint density at radius 3 is 1.86 bits per heavy atom. The van der Waals surface area contributed by atoms with Gasteiger partial charge in [-0.2, -0.15) is 4.31 Å². The average Bonchev–Trinajstić information content (AvgIpc) is 2.49. The fourth-order valence-electron chi connectivity index (χ4n) is 1.41. The molecule has 128 valence electrons. The van der Waals surface area contributed by atoms with Crippen molar-refractivity contribution in [2.75, 3.05) is 27.3 Å².